The van der Waals surface area contributed by atoms with E-state index >= 15 is 0 Å². The molecule has 5 heteroatoms. The van der Waals surface area contributed by atoms with Crippen LogP contribution < -0.4 is 5.32 Å². The summed E-state index contributed by atoms with van der Waals surface area (Å²) in [4.78, 5) is 11.7. The first kappa shape index (κ1) is 13.2. The van der Waals surface area contributed by atoms with Gasteiger partial charge in [-0.2, -0.15) is 5.10 Å². The minimum Gasteiger partial charge on any atom is -0.323 e. The van der Waals surface area contributed by atoms with Gasteiger partial charge in [0.15, 0.2) is 0 Å². The first-order valence-electron chi connectivity index (χ1n) is 6.83. The Morgan fingerprint density at radius 2 is 2.10 bits per heavy atom. The molecule has 1 aromatic heterocycles. The predicted octanol–water partition coefficient (Wildman–Crippen LogP) is 3.96. The number of aromatic nitrogens is 2. The lowest BCUT2D eigenvalue weighted by Gasteiger charge is -2.07. The second-order valence-electron chi connectivity index (χ2n) is 5.04. The van der Waals surface area contributed by atoms with Crippen LogP contribution in [0.4, 0.5) is 5.69 Å². The molecule has 1 saturated carbocycles. The van der Waals surface area contributed by atoms with Gasteiger partial charge in [-0.1, -0.05) is 30.7 Å². The van der Waals surface area contributed by atoms with E-state index in [2.05, 4.69) is 15.5 Å². The molecule has 2 N–H and O–H groups in total. The van der Waals surface area contributed by atoms with Gasteiger partial charge >= 0.3 is 0 Å². The lowest BCUT2D eigenvalue weighted by molar-refractivity contribution is -0.115. The van der Waals surface area contributed by atoms with Crippen LogP contribution in [-0.2, 0) is 4.79 Å². The summed E-state index contributed by atoms with van der Waals surface area (Å²) in [6, 6.07) is 7.48. The topological polar surface area (TPSA) is 57.8 Å². The zero-order chi connectivity index (χ0) is 14.1. The molecule has 0 aliphatic heterocycles. The average Bonchev–Trinajstić information content (AvgIpc) is 3.22. The van der Waals surface area contributed by atoms with E-state index in [1.165, 1.54) is 0 Å². The second-order valence-corrected chi connectivity index (χ2v) is 5.48. The van der Waals surface area contributed by atoms with Gasteiger partial charge in [-0.3, -0.25) is 9.89 Å². The number of carbonyl (C=O) groups excluding carboxylic acids is 1. The standard InChI is InChI=1S/C15H16ClN3O/c1-2-12(20)17-15-13(9-3-4-9)18-19-14(15)10-5-7-11(16)8-6-10/h5-9H,2-4H2,1H3,(H,17,20)(H,18,19). The van der Waals surface area contributed by atoms with Crippen molar-refractivity contribution in [1.29, 1.82) is 0 Å². The summed E-state index contributed by atoms with van der Waals surface area (Å²) in [5.41, 5.74) is 3.59. The van der Waals surface area contributed by atoms with Crippen molar-refractivity contribution < 1.29 is 4.79 Å². The van der Waals surface area contributed by atoms with Crippen LogP contribution in [0, 0.1) is 0 Å². The van der Waals surface area contributed by atoms with Gasteiger partial charge < -0.3 is 5.32 Å². The highest BCUT2D eigenvalue weighted by Gasteiger charge is 2.30. The third kappa shape index (κ3) is 2.56. The zero-order valence-electron chi connectivity index (χ0n) is 11.2. The van der Waals surface area contributed by atoms with Gasteiger partial charge in [0.05, 0.1) is 11.4 Å². The summed E-state index contributed by atoms with van der Waals surface area (Å²) in [6.07, 6.45) is 2.75. The number of benzene rings is 1. The Kier molecular flexibility index (Phi) is 3.49. The van der Waals surface area contributed by atoms with E-state index < -0.39 is 0 Å². The van der Waals surface area contributed by atoms with Crippen molar-refractivity contribution >= 4 is 23.2 Å². The average molecular weight is 290 g/mol. The van der Waals surface area contributed by atoms with Crippen molar-refractivity contribution in [1.82, 2.24) is 10.2 Å². The normalized spacial score (nSPS) is 14.3. The number of H-pyrrole nitrogens is 1. The molecule has 1 aromatic carbocycles. The summed E-state index contributed by atoms with van der Waals surface area (Å²) in [5.74, 6) is 0.499. The van der Waals surface area contributed by atoms with Crippen LogP contribution >= 0.6 is 11.6 Å². The number of rotatable bonds is 4. The first-order chi connectivity index (χ1) is 9.69. The van der Waals surface area contributed by atoms with Gasteiger partial charge in [-0.25, -0.2) is 0 Å². The van der Waals surface area contributed by atoms with E-state index in [9.17, 15) is 4.79 Å². The quantitative estimate of drug-likeness (QED) is 0.895. The molecule has 0 saturated heterocycles. The minimum atomic E-state index is 0.00325. The number of nitrogens with zero attached hydrogens (tertiary/aromatic N) is 1. The molecule has 1 aliphatic rings. The fourth-order valence-corrected chi connectivity index (χ4v) is 2.32. The largest absolute Gasteiger partial charge is 0.323 e. The van der Waals surface area contributed by atoms with Crippen molar-refractivity contribution in [2.45, 2.75) is 32.1 Å². The highest BCUT2D eigenvalue weighted by Crippen LogP contribution is 2.45. The lowest BCUT2D eigenvalue weighted by atomic mass is 10.1. The molecule has 0 unspecified atom stereocenters. The molecular formula is C15H16ClN3O. The highest BCUT2D eigenvalue weighted by molar-refractivity contribution is 6.30. The number of nitrogens with one attached hydrogen (secondary N) is 2. The van der Waals surface area contributed by atoms with Crippen LogP contribution in [0.2, 0.25) is 5.02 Å². The molecule has 1 heterocycles. The van der Waals surface area contributed by atoms with Crippen LogP contribution in [0.1, 0.15) is 37.8 Å². The van der Waals surface area contributed by atoms with Crippen LogP contribution in [0.25, 0.3) is 11.3 Å². The number of halogens is 1. The molecule has 1 amide bonds. The predicted molar refractivity (Wildman–Crippen MR) is 79.9 cm³/mol. The maximum atomic E-state index is 11.7. The van der Waals surface area contributed by atoms with Gasteiger partial charge in [0, 0.05) is 22.9 Å². The number of hydrogen-bond donors (Lipinski definition) is 2. The summed E-state index contributed by atoms with van der Waals surface area (Å²) in [7, 11) is 0. The molecule has 3 rings (SSSR count). The number of amides is 1. The molecule has 0 bridgehead atoms. The van der Waals surface area contributed by atoms with Crippen LogP contribution in [-0.4, -0.2) is 16.1 Å². The molecule has 2 aromatic rings. The molecule has 20 heavy (non-hydrogen) atoms. The Hall–Kier alpha value is -1.81. The second kappa shape index (κ2) is 5.29. The minimum absolute atomic E-state index is 0.00325. The SMILES string of the molecule is CCC(=O)Nc1c(-c2ccc(Cl)cc2)n[nH]c1C1CC1. The fraction of sp³-hybridized carbons (Fsp3) is 0.333. The monoisotopic (exact) mass is 289 g/mol. The molecule has 1 fully saturated rings. The lowest BCUT2D eigenvalue weighted by Crippen LogP contribution is -2.11. The molecule has 0 atom stereocenters. The summed E-state index contributed by atoms with van der Waals surface area (Å²) >= 11 is 5.91. The van der Waals surface area contributed by atoms with Gasteiger partial charge in [-0.15, -0.1) is 0 Å². The van der Waals surface area contributed by atoms with Crippen molar-refractivity contribution in [2.24, 2.45) is 0 Å². The third-order valence-electron chi connectivity index (χ3n) is 3.48. The van der Waals surface area contributed by atoms with Crippen molar-refractivity contribution in [3.05, 3.63) is 35.0 Å². The Morgan fingerprint density at radius 1 is 1.40 bits per heavy atom. The molecule has 4 nitrogen and oxygen atoms in total. The molecule has 1 aliphatic carbocycles. The van der Waals surface area contributed by atoms with E-state index in [0.717, 1.165) is 35.5 Å². The van der Waals surface area contributed by atoms with Crippen molar-refractivity contribution in [3.8, 4) is 11.3 Å². The Labute approximate surface area is 122 Å². The Bertz CT molecular complexity index is 629. The van der Waals surface area contributed by atoms with Crippen molar-refractivity contribution in [2.75, 3.05) is 5.32 Å². The highest BCUT2D eigenvalue weighted by atomic mass is 35.5. The van der Waals surface area contributed by atoms with E-state index in [0.29, 0.717) is 17.4 Å². The summed E-state index contributed by atoms with van der Waals surface area (Å²) < 4.78 is 0. The van der Waals surface area contributed by atoms with Gasteiger partial charge in [0.2, 0.25) is 5.91 Å². The maximum Gasteiger partial charge on any atom is 0.224 e. The van der Waals surface area contributed by atoms with E-state index in [1.807, 2.05) is 31.2 Å². The van der Waals surface area contributed by atoms with E-state index in [1.54, 1.807) is 0 Å². The van der Waals surface area contributed by atoms with Crippen LogP contribution in [0.5, 0.6) is 0 Å². The fourth-order valence-electron chi connectivity index (χ4n) is 2.19. The third-order valence-corrected chi connectivity index (χ3v) is 3.74. The molecule has 0 radical (unpaired) electrons. The van der Waals surface area contributed by atoms with Crippen LogP contribution in [0.3, 0.4) is 0 Å². The molecule has 104 valence electrons. The number of anilines is 1. The maximum absolute atomic E-state index is 11.7. The zero-order valence-corrected chi connectivity index (χ0v) is 12.0. The van der Waals surface area contributed by atoms with Gasteiger partial charge in [0.25, 0.3) is 0 Å². The Morgan fingerprint density at radius 3 is 2.70 bits per heavy atom. The molecular weight excluding hydrogens is 274 g/mol. The number of aromatic amines is 1. The Balaban J connectivity index is 2.01. The molecule has 0 spiro atoms. The van der Waals surface area contributed by atoms with E-state index in [4.69, 9.17) is 11.6 Å². The number of carbonyl (C=O) groups is 1. The van der Waals surface area contributed by atoms with Gasteiger partial charge in [-0.05, 0) is 25.0 Å². The summed E-state index contributed by atoms with van der Waals surface area (Å²) in [6.45, 7) is 1.84. The summed E-state index contributed by atoms with van der Waals surface area (Å²) in [5, 5.41) is 11.1. The first-order valence-corrected chi connectivity index (χ1v) is 7.21. The van der Waals surface area contributed by atoms with Crippen molar-refractivity contribution in [3.63, 3.8) is 0 Å². The van der Waals surface area contributed by atoms with Crippen LogP contribution in [0.15, 0.2) is 24.3 Å². The smallest absolute Gasteiger partial charge is 0.224 e. The van der Waals surface area contributed by atoms with Gasteiger partial charge in [0.1, 0.15) is 5.69 Å². The number of hydrogen-bond acceptors (Lipinski definition) is 2. The van der Waals surface area contributed by atoms with E-state index in [-0.39, 0.29) is 5.91 Å².